The van der Waals surface area contributed by atoms with E-state index in [9.17, 15) is 0 Å². The molecule has 0 bridgehead atoms. The molecule has 1 aromatic carbocycles. The molecule has 0 saturated heterocycles. The van der Waals surface area contributed by atoms with Crippen molar-refractivity contribution in [2.45, 2.75) is 25.4 Å². The van der Waals surface area contributed by atoms with Crippen molar-refractivity contribution in [3.63, 3.8) is 0 Å². The van der Waals surface area contributed by atoms with Crippen molar-refractivity contribution in [3.05, 3.63) is 29.3 Å². The van der Waals surface area contributed by atoms with E-state index in [1.807, 2.05) is 7.05 Å². The second-order valence-electron chi connectivity index (χ2n) is 4.57. The lowest BCUT2D eigenvalue weighted by molar-refractivity contribution is 0.793. The van der Waals surface area contributed by atoms with Crippen LogP contribution < -0.4 is 0 Å². The molecule has 102 valence electrons. The molecule has 19 heavy (non-hydrogen) atoms. The van der Waals surface area contributed by atoms with Gasteiger partial charge in [0.2, 0.25) is 0 Å². The van der Waals surface area contributed by atoms with Crippen molar-refractivity contribution in [3.8, 4) is 11.4 Å². The first kappa shape index (κ1) is 14.4. The second kappa shape index (κ2) is 6.44. The van der Waals surface area contributed by atoms with Crippen LogP contribution in [0.1, 0.15) is 17.5 Å². The molecular weight excluding hydrogens is 278 g/mol. The van der Waals surface area contributed by atoms with Crippen LogP contribution in [0.25, 0.3) is 11.4 Å². The second-order valence-corrected chi connectivity index (χ2v) is 6.01. The molecule has 2 aromatic rings. The summed E-state index contributed by atoms with van der Waals surface area (Å²) in [6, 6.07) is 6.39. The predicted molar refractivity (Wildman–Crippen MR) is 82.0 cm³/mol. The maximum atomic E-state index is 5.69. The average Bonchev–Trinajstić information content (AvgIpc) is 2.72. The Morgan fingerprint density at radius 2 is 2.05 bits per heavy atom. The first-order valence-corrected chi connectivity index (χ1v) is 7.81. The van der Waals surface area contributed by atoms with E-state index in [0.717, 1.165) is 28.7 Å². The van der Waals surface area contributed by atoms with Crippen LogP contribution in [0.5, 0.6) is 0 Å². The number of alkyl halides is 1. The van der Waals surface area contributed by atoms with Crippen LogP contribution in [0, 0.1) is 13.8 Å². The van der Waals surface area contributed by atoms with Crippen molar-refractivity contribution in [1.29, 1.82) is 0 Å². The quantitative estimate of drug-likeness (QED) is 0.477. The highest BCUT2D eigenvalue weighted by Crippen LogP contribution is 2.26. The van der Waals surface area contributed by atoms with Crippen LogP contribution >= 0.6 is 23.4 Å². The highest BCUT2D eigenvalue weighted by molar-refractivity contribution is 7.99. The molecule has 3 nitrogen and oxygen atoms in total. The number of halogens is 1. The van der Waals surface area contributed by atoms with E-state index in [1.54, 1.807) is 11.8 Å². The highest BCUT2D eigenvalue weighted by Gasteiger charge is 2.12. The lowest BCUT2D eigenvalue weighted by atomic mass is 10.1. The Bertz CT molecular complexity index is 566. The van der Waals surface area contributed by atoms with E-state index in [2.05, 4.69) is 46.8 Å². The van der Waals surface area contributed by atoms with Crippen molar-refractivity contribution in [1.82, 2.24) is 14.8 Å². The monoisotopic (exact) mass is 295 g/mol. The number of aryl methyl sites for hydroxylation is 2. The van der Waals surface area contributed by atoms with Gasteiger partial charge in [-0.2, -0.15) is 0 Å². The Hall–Kier alpha value is -1.00. The third-order valence-electron chi connectivity index (χ3n) is 2.97. The number of nitrogens with zero attached hydrogens (tertiary/aromatic N) is 3. The van der Waals surface area contributed by atoms with Crippen LogP contribution in [0.3, 0.4) is 0 Å². The standard InChI is InChI=1S/C14H18ClN3S/c1-10-5-6-12(11(2)9-10)13-16-17-14(18(13)3)19-8-4-7-15/h5-6,9H,4,7-8H2,1-3H3. The van der Waals surface area contributed by atoms with Gasteiger partial charge in [-0.3, -0.25) is 0 Å². The summed E-state index contributed by atoms with van der Waals surface area (Å²) >= 11 is 7.39. The van der Waals surface area contributed by atoms with Crippen molar-refractivity contribution in [2.24, 2.45) is 7.05 Å². The Morgan fingerprint density at radius 1 is 1.26 bits per heavy atom. The Morgan fingerprint density at radius 3 is 2.74 bits per heavy atom. The summed E-state index contributed by atoms with van der Waals surface area (Å²) in [6.07, 6.45) is 0.984. The Kier molecular flexibility index (Phi) is 4.88. The third-order valence-corrected chi connectivity index (χ3v) is 4.34. The third kappa shape index (κ3) is 3.31. The van der Waals surface area contributed by atoms with Gasteiger partial charge in [-0.15, -0.1) is 21.8 Å². The minimum Gasteiger partial charge on any atom is -0.305 e. The van der Waals surface area contributed by atoms with Gasteiger partial charge in [-0.05, 0) is 25.8 Å². The lowest BCUT2D eigenvalue weighted by Gasteiger charge is -2.07. The fraction of sp³-hybridized carbons (Fsp3) is 0.429. The molecular formula is C14H18ClN3S. The summed E-state index contributed by atoms with van der Waals surface area (Å²) in [5, 5.41) is 9.52. The van der Waals surface area contributed by atoms with E-state index in [-0.39, 0.29) is 0 Å². The minimum atomic E-state index is 0.689. The Labute approximate surface area is 123 Å². The zero-order valence-corrected chi connectivity index (χ0v) is 13.1. The summed E-state index contributed by atoms with van der Waals surface area (Å²) in [4.78, 5) is 0. The van der Waals surface area contributed by atoms with Crippen molar-refractivity contribution < 1.29 is 0 Å². The fourth-order valence-corrected chi connectivity index (χ4v) is 3.10. The topological polar surface area (TPSA) is 30.7 Å². The zero-order chi connectivity index (χ0) is 13.8. The highest BCUT2D eigenvalue weighted by atomic mass is 35.5. The largest absolute Gasteiger partial charge is 0.305 e. The number of hydrogen-bond acceptors (Lipinski definition) is 3. The van der Waals surface area contributed by atoms with Crippen LogP contribution in [0.2, 0.25) is 0 Å². The lowest BCUT2D eigenvalue weighted by Crippen LogP contribution is -1.97. The normalized spacial score (nSPS) is 10.9. The van der Waals surface area contributed by atoms with E-state index in [1.165, 1.54) is 11.1 Å². The zero-order valence-electron chi connectivity index (χ0n) is 11.5. The van der Waals surface area contributed by atoms with Gasteiger partial charge in [0, 0.05) is 24.2 Å². The van der Waals surface area contributed by atoms with Crippen LogP contribution in [-0.2, 0) is 7.05 Å². The minimum absolute atomic E-state index is 0.689. The van der Waals surface area contributed by atoms with Crippen LogP contribution in [0.4, 0.5) is 0 Å². The molecule has 0 aliphatic heterocycles. The van der Waals surface area contributed by atoms with Gasteiger partial charge in [-0.25, -0.2) is 0 Å². The van der Waals surface area contributed by atoms with Gasteiger partial charge in [0.25, 0.3) is 0 Å². The molecule has 0 fully saturated rings. The molecule has 0 aliphatic carbocycles. The van der Waals surface area contributed by atoms with E-state index in [0.29, 0.717) is 5.88 Å². The molecule has 0 aliphatic rings. The average molecular weight is 296 g/mol. The molecule has 0 amide bonds. The molecule has 0 unspecified atom stereocenters. The smallest absolute Gasteiger partial charge is 0.191 e. The Balaban J connectivity index is 2.26. The summed E-state index contributed by atoms with van der Waals surface area (Å²) < 4.78 is 2.05. The van der Waals surface area contributed by atoms with Gasteiger partial charge in [0.05, 0.1) is 0 Å². The van der Waals surface area contributed by atoms with Gasteiger partial charge in [0.1, 0.15) is 0 Å². The first-order chi connectivity index (χ1) is 9.13. The summed E-state index contributed by atoms with van der Waals surface area (Å²) in [5.41, 5.74) is 3.64. The van der Waals surface area contributed by atoms with Gasteiger partial charge >= 0.3 is 0 Å². The summed E-state index contributed by atoms with van der Waals surface area (Å²) in [7, 11) is 2.01. The molecule has 0 saturated carbocycles. The molecule has 2 rings (SSSR count). The van der Waals surface area contributed by atoms with Crippen LogP contribution in [0.15, 0.2) is 23.4 Å². The molecule has 0 spiro atoms. The molecule has 0 atom stereocenters. The number of benzene rings is 1. The molecule has 0 N–H and O–H groups in total. The summed E-state index contributed by atoms with van der Waals surface area (Å²) in [6.45, 7) is 4.21. The number of hydrogen-bond donors (Lipinski definition) is 0. The summed E-state index contributed by atoms with van der Waals surface area (Å²) in [5.74, 6) is 2.59. The van der Waals surface area contributed by atoms with Crippen molar-refractivity contribution in [2.75, 3.05) is 11.6 Å². The van der Waals surface area contributed by atoms with Gasteiger partial charge < -0.3 is 4.57 Å². The van der Waals surface area contributed by atoms with E-state index >= 15 is 0 Å². The van der Waals surface area contributed by atoms with Crippen molar-refractivity contribution >= 4 is 23.4 Å². The van der Waals surface area contributed by atoms with Gasteiger partial charge in [0.15, 0.2) is 11.0 Å². The van der Waals surface area contributed by atoms with E-state index in [4.69, 9.17) is 11.6 Å². The molecule has 1 heterocycles. The predicted octanol–water partition coefficient (Wildman–Crippen LogP) is 3.82. The van der Waals surface area contributed by atoms with E-state index < -0.39 is 0 Å². The first-order valence-electron chi connectivity index (χ1n) is 6.29. The molecule has 1 aromatic heterocycles. The SMILES string of the molecule is Cc1ccc(-c2nnc(SCCCCl)n2C)c(C)c1. The number of rotatable bonds is 5. The molecule has 0 radical (unpaired) electrons. The van der Waals surface area contributed by atoms with Gasteiger partial charge in [-0.1, -0.05) is 35.5 Å². The maximum Gasteiger partial charge on any atom is 0.191 e. The van der Waals surface area contributed by atoms with Crippen LogP contribution in [-0.4, -0.2) is 26.4 Å². The maximum absolute atomic E-state index is 5.69. The number of aromatic nitrogens is 3. The fourth-order valence-electron chi connectivity index (χ4n) is 1.96. The number of thioether (sulfide) groups is 1. The molecule has 5 heteroatoms.